The molecule has 0 saturated carbocycles. The quantitative estimate of drug-likeness (QED) is 0.398. The van der Waals surface area contributed by atoms with Crippen molar-refractivity contribution >= 4 is 11.8 Å². The predicted molar refractivity (Wildman–Crippen MR) is 18.6 cm³/mol. The molecule has 0 aromatic rings. The predicted octanol–water partition coefficient (Wildman–Crippen LogP) is 0.992. The van der Waals surface area contributed by atoms with Crippen LogP contribution in [0.5, 0.6) is 0 Å². The number of rotatable bonds is 0. The lowest BCUT2D eigenvalue weighted by molar-refractivity contribution is 1.57. The number of hydrogen-bond donors (Lipinski definition) is 0. The van der Waals surface area contributed by atoms with E-state index in [0.717, 1.165) is 11.8 Å². The fourth-order valence-corrected chi connectivity index (χ4v) is 0. The van der Waals surface area contributed by atoms with E-state index in [-0.39, 0.29) is 0 Å². The molecule has 0 aliphatic rings. The normalized spacial score (nSPS) is 5.00. The topological polar surface area (TPSA) is 23.8 Å². The van der Waals surface area contributed by atoms with E-state index in [9.17, 15) is 0 Å². The highest BCUT2D eigenvalue weighted by Crippen LogP contribution is 1.83. The first-order chi connectivity index (χ1) is 1.91. The van der Waals surface area contributed by atoms with Crippen LogP contribution in [-0.2, 0) is 0 Å². The van der Waals surface area contributed by atoms with Crippen LogP contribution >= 0.6 is 11.8 Å². The second-order valence-corrected chi connectivity index (χ2v) is 0.707. The summed E-state index contributed by atoms with van der Waals surface area (Å²) in [6, 6.07) is 0. The SMILES string of the molecule is [CH2]SC#N. The van der Waals surface area contributed by atoms with Gasteiger partial charge in [0.1, 0.15) is 5.40 Å². The minimum atomic E-state index is 0.912. The first kappa shape index (κ1) is 3.84. The number of nitriles is 1. The molecule has 1 radical (unpaired) electrons. The van der Waals surface area contributed by atoms with Crippen molar-refractivity contribution in [2.24, 2.45) is 0 Å². The Bertz CT molecular complexity index is 35.8. The third-order valence-electron chi connectivity index (χ3n) is 0.0645. The minimum absolute atomic E-state index is 0.912. The van der Waals surface area contributed by atoms with E-state index in [0.29, 0.717) is 0 Å². The zero-order valence-electron chi connectivity index (χ0n) is 2.06. The van der Waals surface area contributed by atoms with Crippen LogP contribution in [0.15, 0.2) is 0 Å². The van der Waals surface area contributed by atoms with Crippen LogP contribution in [0.4, 0.5) is 0 Å². The van der Waals surface area contributed by atoms with Gasteiger partial charge in [-0.05, 0) is 11.8 Å². The number of nitrogens with zero attached hydrogens (tertiary/aromatic N) is 1. The third-order valence-corrected chi connectivity index (χ3v) is 0.194. The van der Waals surface area contributed by atoms with E-state index in [1.54, 1.807) is 5.40 Å². The van der Waals surface area contributed by atoms with Gasteiger partial charge in [-0.1, -0.05) is 0 Å². The van der Waals surface area contributed by atoms with E-state index in [1.807, 2.05) is 0 Å². The summed E-state index contributed by atoms with van der Waals surface area (Å²) < 4.78 is 0. The summed E-state index contributed by atoms with van der Waals surface area (Å²) in [5, 5.41) is 9.26. The molecule has 0 N–H and O–H groups in total. The maximum atomic E-state index is 7.53. The summed E-state index contributed by atoms with van der Waals surface area (Å²) >= 11 is 0.912. The lowest BCUT2D eigenvalue weighted by Crippen LogP contribution is -1.20. The van der Waals surface area contributed by atoms with Gasteiger partial charge < -0.3 is 0 Å². The number of hydrogen-bond acceptors (Lipinski definition) is 2. The highest BCUT2D eigenvalue weighted by atomic mass is 32.2. The van der Waals surface area contributed by atoms with Crippen molar-refractivity contribution in [2.45, 2.75) is 0 Å². The molecule has 0 aliphatic heterocycles. The Morgan fingerprint density at radius 1 is 2.00 bits per heavy atom. The summed E-state index contributed by atoms with van der Waals surface area (Å²) in [4.78, 5) is 0. The van der Waals surface area contributed by atoms with Gasteiger partial charge in [-0.15, -0.1) is 0 Å². The Morgan fingerprint density at radius 3 is 2.25 bits per heavy atom. The van der Waals surface area contributed by atoms with Gasteiger partial charge in [-0.2, -0.15) is 5.26 Å². The zero-order valence-corrected chi connectivity index (χ0v) is 2.88. The van der Waals surface area contributed by atoms with Gasteiger partial charge in [0, 0.05) is 6.26 Å². The van der Waals surface area contributed by atoms with E-state index in [1.165, 1.54) is 0 Å². The largest absolute Gasteiger partial charge is 0.185 e. The summed E-state index contributed by atoms with van der Waals surface area (Å²) in [5.41, 5.74) is 0. The molecule has 2 heteroatoms. The second kappa shape index (κ2) is 2.84. The van der Waals surface area contributed by atoms with Gasteiger partial charge >= 0.3 is 0 Å². The van der Waals surface area contributed by atoms with E-state index >= 15 is 0 Å². The van der Waals surface area contributed by atoms with Crippen LogP contribution in [0.1, 0.15) is 0 Å². The molecule has 0 rings (SSSR count). The van der Waals surface area contributed by atoms with Crippen LogP contribution in [0.2, 0.25) is 0 Å². The third kappa shape index (κ3) is 1.84. The van der Waals surface area contributed by atoms with Gasteiger partial charge in [-0.25, -0.2) is 0 Å². The Kier molecular flexibility index (Phi) is 2.73. The molecule has 0 unspecified atom stereocenters. The molecule has 0 aliphatic carbocycles. The number of thiocyanates is 1. The van der Waals surface area contributed by atoms with E-state index < -0.39 is 0 Å². The standard InChI is InChI=1S/C2H2NS/c1-4-2-3/h1H2. The minimum Gasteiger partial charge on any atom is -0.185 e. The van der Waals surface area contributed by atoms with Crippen molar-refractivity contribution in [3.05, 3.63) is 6.26 Å². The molecule has 0 amide bonds. The Labute approximate surface area is 29.6 Å². The first-order valence-electron chi connectivity index (χ1n) is 0.716. The van der Waals surface area contributed by atoms with Crippen LogP contribution in [-0.4, -0.2) is 0 Å². The summed E-state index contributed by atoms with van der Waals surface area (Å²) in [6.07, 6.45) is 3.16. The van der Waals surface area contributed by atoms with Crippen molar-refractivity contribution in [3.63, 3.8) is 0 Å². The molecule has 1 nitrogen and oxygen atoms in total. The van der Waals surface area contributed by atoms with Gasteiger partial charge in [0.15, 0.2) is 0 Å². The van der Waals surface area contributed by atoms with E-state index in [4.69, 9.17) is 5.26 Å². The monoisotopic (exact) mass is 72.0 g/mol. The molecular weight excluding hydrogens is 70.1 g/mol. The van der Waals surface area contributed by atoms with Crippen LogP contribution < -0.4 is 0 Å². The van der Waals surface area contributed by atoms with Crippen molar-refractivity contribution in [2.75, 3.05) is 0 Å². The maximum Gasteiger partial charge on any atom is 0.133 e. The van der Waals surface area contributed by atoms with Crippen molar-refractivity contribution in [1.29, 1.82) is 5.26 Å². The fraction of sp³-hybridized carbons (Fsp3) is 0. The molecule has 0 saturated heterocycles. The summed E-state index contributed by atoms with van der Waals surface area (Å²) in [7, 11) is 0. The second-order valence-electron chi connectivity index (χ2n) is 0.236. The molecule has 4 heavy (non-hydrogen) atoms. The average Bonchev–Trinajstić information content (AvgIpc) is 1.37. The van der Waals surface area contributed by atoms with Crippen molar-refractivity contribution in [3.8, 4) is 5.40 Å². The molecule has 0 bridgehead atoms. The van der Waals surface area contributed by atoms with Crippen molar-refractivity contribution < 1.29 is 0 Å². The number of thioether (sulfide) groups is 1. The molecule has 0 spiro atoms. The molecule has 0 aromatic carbocycles. The smallest absolute Gasteiger partial charge is 0.133 e. The fourth-order valence-electron chi connectivity index (χ4n) is 0. The van der Waals surface area contributed by atoms with Gasteiger partial charge in [0.2, 0.25) is 0 Å². The maximum absolute atomic E-state index is 7.53. The van der Waals surface area contributed by atoms with Gasteiger partial charge in [-0.3, -0.25) is 0 Å². The highest BCUT2D eigenvalue weighted by Gasteiger charge is 1.49. The molecule has 0 fully saturated rings. The average molecular weight is 72.1 g/mol. The molecule has 0 aromatic heterocycles. The highest BCUT2D eigenvalue weighted by molar-refractivity contribution is 8.04. The van der Waals surface area contributed by atoms with Gasteiger partial charge in [0.25, 0.3) is 0 Å². The first-order valence-corrected chi connectivity index (χ1v) is 1.70. The van der Waals surface area contributed by atoms with Crippen LogP contribution in [0.3, 0.4) is 0 Å². The lowest BCUT2D eigenvalue weighted by atomic mass is 11.8. The zero-order chi connectivity index (χ0) is 3.41. The van der Waals surface area contributed by atoms with E-state index in [2.05, 4.69) is 6.26 Å². The molecule has 0 heterocycles. The van der Waals surface area contributed by atoms with Crippen molar-refractivity contribution in [1.82, 2.24) is 0 Å². The van der Waals surface area contributed by atoms with Crippen LogP contribution in [0.25, 0.3) is 0 Å². The lowest BCUT2D eigenvalue weighted by Gasteiger charge is -1.47. The van der Waals surface area contributed by atoms with Gasteiger partial charge in [0.05, 0.1) is 0 Å². The molecule has 21 valence electrons. The molecule has 0 atom stereocenters. The molecular formula is C2H2NS. The summed E-state index contributed by atoms with van der Waals surface area (Å²) in [6.45, 7) is 0. The summed E-state index contributed by atoms with van der Waals surface area (Å²) in [5.74, 6) is 0. The Hall–Kier alpha value is -0.160. The Morgan fingerprint density at radius 2 is 2.25 bits per heavy atom. The van der Waals surface area contributed by atoms with Crippen LogP contribution in [0, 0.1) is 16.9 Å². The Balaban J connectivity index is 2.43.